The van der Waals surface area contributed by atoms with Crippen molar-refractivity contribution in [3.05, 3.63) is 0 Å². The Kier molecular flexibility index (Phi) is 3.39. The van der Waals surface area contributed by atoms with Crippen molar-refractivity contribution in [3.8, 4) is 0 Å². The Labute approximate surface area is 84.0 Å². The predicted octanol–water partition coefficient (Wildman–Crippen LogP) is 0.611. The van der Waals surface area contributed by atoms with Crippen molar-refractivity contribution in [3.63, 3.8) is 0 Å². The zero-order valence-electron chi connectivity index (χ0n) is 7.66. The Morgan fingerprint density at radius 1 is 1.62 bits per heavy atom. The van der Waals surface area contributed by atoms with Crippen LogP contribution in [-0.2, 0) is 4.74 Å². The van der Waals surface area contributed by atoms with Crippen LogP contribution in [0.4, 0.5) is 4.79 Å². The lowest BCUT2D eigenvalue weighted by atomic mass is 10.2. The van der Waals surface area contributed by atoms with Crippen LogP contribution in [0, 0.1) is 0 Å². The maximum atomic E-state index is 11.2. The quantitative estimate of drug-likeness (QED) is 0.684. The number of carbonyl (C=O) groups is 1. The second-order valence-electron chi connectivity index (χ2n) is 3.49. The first-order chi connectivity index (χ1) is 5.77. The van der Waals surface area contributed by atoms with E-state index in [1.807, 2.05) is 11.8 Å². The van der Waals surface area contributed by atoms with E-state index in [0.717, 1.165) is 26.1 Å². The predicted molar refractivity (Wildman–Crippen MR) is 51.2 cm³/mol. The average Bonchev–Trinajstić information content (AvgIpc) is 2.58. The molecule has 2 unspecified atom stereocenters. The number of hydrogen-bond acceptors (Lipinski definition) is 3. The number of rotatable bonds is 1. The molecule has 0 aromatic carbocycles. The van der Waals surface area contributed by atoms with Gasteiger partial charge in [0.1, 0.15) is 6.10 Å². The minimum atomic E-state index is -0.142. The van der Waals surface area contributed by atoms with E-state index in [4.69, 9.17) is 4.74 Å². The van der Waals surface area contributed by atoms with Crippen LogP contribution in [0.2, 0.25) is 0 Å². The van der Waals surface area contributed by atoms with Crippen molar-refractivity contribution < 1.29 is 9.53 Å². The fraction of sp³-hybridized carbons (Fsp3) is 0.875. The Morgan fingerprint density at radius 2 is 2.38 bits per heavy atom. The summed E-state index contributed by atoms with van der Waals surface area (Å²) >= 11 is 0. The van der Waals surface area contributed by atoms with Crippen molar-refractivity contribution in [1.29, 1.82) is 0 Å². The van der Waals surface area contributed by atoms with Crippen LogP contribution in [0.1, 0.15) is 13.3 Å². The first kappa shape index (κ1) is 10.6. The van der Waals surface area contributed by atoms with Gasteiger partial charge in [-0.05, 0) is 19.9 Å². The van der Waals surface area contributed by atoms with E-state index in [0.29, 0.717) is 6.04 Å². The van der Waals surface area contributed by atoms with Gasteiger partial charge in [-0.1, -0.05) is 0 Å². The van der Waals surface area contributed by atoms with Gasteiger partial charge < -0.3 is 15.0 Å². The van der Waals surface area contributed by atoms with Crippen LogP contribution in [0.5, 0.6) is 0 Å². The van der Waals surface area contributed by atoms with Crippen LogP contribution in [0.25, 0.3) is 0 Å². The molecular weight excluding hydrogens is 192 g/mol. The minimum absolute atomic E-state index is 0. The van der Waals surface area contributed by atoms with Crippen molar-refractivity contribution in [1.82, 2.24) is 10.2 Å². The summed E-state index contributed by atoms with van der Waals surface area (Å²) in [5, 5.41) is 3.24. The third-order valence-electron chi connectivity index (χ3n) is 2.47. The van der Waals surface area contributed by atoms with Crippen LogP contribution >= 0.6 is 12.4 Å². The number of cyclic esters (lactones) is 1. The number of nitrogens with one attached hydrogen (secondary N) is 1. The average molecular weight is 207 g/mol. The Hall–Kier alpha value is -0.480. The molecule has 5 heteroatoms. The molecule has 2 heterocycles. The highest BCUT2D eigenvalue weighted by Crippen LogP contribution is 2.17. The monoisotopic (exact) mass is 206 g/mol. The van der Waals surface area contributed by atoms with E-state index in [1.165, 1.54) is 0 Å². The SMILES string of the molecule is CC1CN(C2CCNC2)C(=O)O1.Cl. The number of hydrogen-bond donors (Lipinski definition) is 1. The van der Waals surface area contributed by atoms with E-state index in [2.05, 4.69) is 5.32 Å². The van der Waals surface area contributed by atoms with Crippen LogP contribution in [-0.4, -0.2) is 42.8 Å². The molecule has 0 bridgehead atoms. The maximum absolute atomic E-state index is 11.2. The first-order valence-corrected chi connectivity index (χ1v) is 4.45. The van der Waals surface area contributed by atoms with E-state index in [-0.39, 0.29) is 24.6 Å². The molecule has 1 amide bonds. The molecule has 0 spiro atoms. The zero-order chi connectivity index (χ0) is 8.55. The number of halogens is 1. The summed E-state index contributed by atoms with van der Waals surface area (Å²) in [5.74, 6) is 0. The third kappa shape index (κ3) is 2.06. The molecule has 0 aromatic rings. The van der Waals surface area contributed by atoms with Gasteiger partial charge in [-0.25, -0.2) is 4.79 Å². The van der Waals surface area contributed by atoms with Crippen LogP contribution in [0.3, 0.4) is 0 Å². The summed E-state index contributed by atoms with van der Waals surface area (Å²) in [5.41, 5.74) is 0. The molecule has 0 saturated carbocycles. The lowest BCUT2D eigenvalue weighted by Crippen LogP contribution is -2.37. The van der Waals surface area contributed by atoms with Crippen molar-refractivity contribution in [2.75, 3.05) is 19.6 Å². The summed E-state index contributed by atoms with van der Waals surface area (Å²) in [6.45, 7) is 4.62. The van der Waals surface area contributed by atoms with Gasteiger partial charge >= 0.3 is 6.09 Å². The maximum Gasteiger partial charge on any atom is 0.410 e. The molecule has 13 heavy (non-hydrogen) atoms. The Balaban J connectivity index is 0.000000845. The summed E-state index contributed by atoms with van der Waals surface area (Å²) in [4.78, 5) is 13.1. The van der Waals surface area contributed by atoms with E-state index < -0.39 is 0 Å². The highest BCUT2D eigenvalue weighted by atomic mass is 35.5. The smallest absolute Gasteiger partial charge is 0.410 e. The Bertz CT molecular complexity index is 195. The number of nitrogens with zero attached hydrogens (tertiary/aromatic N) is 1. The van der Waals surface area contributed by atoms with Gasteiger partial charge in [0.25, 0.3) is 0 Å². The lowest BCUT2D eigenvalue weighted by Gasteiger charge is -2.19. The van der Waals surface area contributed by atoms with Crippen LogP contribution in [0.15, 0.2) is 0 Å². The largest absolute Gasteiger partial charge is 0.444 e. The van der Waals surface area contributed by atoms with E-state index in [9.17, 15) is 4.79 Å². The summed E-state index contributed by atoms with van der Waals surface area (Å²) in [6.07, 6.45) is 0.983. The molecule has 2 saturated heterocycles. The van der Waals surface area contributed by atoms with Gasteiger partial charge in [-0.15, -0.1) is 12.4 Å². The molecule has 2 rings (SSSR count). The molecule has 0 aliphatic carbocycles. The topological polar surface area (TPSA) is 41.6 Å². The van der Waals surface area contributed by atoms with Gasteiger partial charge in [0.05, 0.1) is 6.54 Å². The standard InChI is InChI=1S/C8H14N2O2.ClH/c1-6-5-10(8(11)12-6)7-2-3-9-4-7;/h6-7,9H,2-5H2,1H3;1H. The Morgan fingerprint density at radius 3 is 2.85 bits per heavy atom. The van der Waals surface area contributed by atoms with Crippen molar-refractivity contribution in [2.45, 2.75) is 25.5 Å². The highest BCUT2D eigenvalue weighted by molar-refractivity contribution is 5.85. The molecule has 2 aliphatic heterocycles. The molecule has 2 fully saturated rings. The van der Waals surface area contributed by atoms with E-state index in [1.54, 1.807) is 0 Å². The minimum Gasteiger partial charge on any atom is -0.444 e. The van der Waals surface area contributed by atoms with Gasteiger partial charge in [0, 0.05) is 12.6 Å². The zero-order valence-corrected chi connectivity index (χ0v) is 8.47. The molecule has 2 aliphatic rings. The van der Waals surface area contributed by atoms with Crippen molar-refractivity contribution >= 4 is 18.5 Å². The fourth-order valence-corrected chi connectivity index (χ4v) is 1.83. The second kappa shape index (κ2) is 4.15. The molecule has 76 valence electrons. The van der Waals surface area contributed by atoms with Crippen LogP contribution < -0.4 is 5.32 Å². The number of carbonyl (C=O) groups excluding carboxylic acids is 1. The normalized spacial score (nSPS) is 33.0. The highest BCUT2D eigenvalue weighted by Gasteiger charge is 2.34. The van der Waals surface area contributed by atoms with Gasteiger partial charge in [0.2, 0.25) is 0 Å². The van der Waals surface area contributed by atoms with Crippen molar-refractivity contribution in [2.24, 2.45) is 0 Å². The molecule has 1 N–H and O–H groups in total. The summed E-state index contributed by atoms with van der Waals surface area (Å²) in [7, 11) is 0. The lowest BCUT2D eigenvalue weighted by molar-refractivity contribution is 0.134. The molecular formula is C8H15ClN2O2. The van der Waals surface area contributed by atoms with E-state index >= 15 is 0 Å². The van der Waals surface area contributed by atoms with Gasteiger partial charge in [-0.3, -0.25) is 0 Å². The fourth-order valence-electron chi connectivity index (χ4n) is 1.83. The molecule has 0 aromatic heterocycles. The first-order valence-electron chi connectivity index (χ1n) is 4.45. The number of ether oxygens (including phenoxy) is 1. The molecule has 4 nitrogen and oxygen atoms in total. The molecule has 0 radical (unpaired) electrons. The summed E-state index contributed by atoms with van der Waals surface area (Å²) in [6, 6.07) is 0.363. The third-order valence-corrected chi connectivity index (χ3v) is 2.47. The van der Waals surface area contributed by atoms with Gasteiger partial charge in [-0.2, -0.15) is 0 Å². The second-order valence-corrected chi connectivity index (χ2v) is 3.49. The van der Waals surface area contributed by atoms with Gasteiger partial charge in [0.15, 0.2) is 0 Å². The molecule has 2 atom stereocenters. The summed E-state index contributed by atoms with van der Waals surface area (Å²) < 4.78 is 5.05. The number of amides is 1.